The van der Waals surface area contributed by atoms with Crippen molar-refractivity contribution < 1.29 is 0 Å². The van der Waals surface area contributed by atoms with Crippen molar-refractivity contribution in [3.05, 3.63) is 17.5 Å². The minimum Gasteiger partial charge on any atom is -0.316 e. The largest absolute Gasteiger partial charge is 0.316 e. The monoisotopic (exact) mass is 191 g/mol. The molecule has 14 heavy (non-hydrogen) atoms. The predicted octanol–water partition coefficient (Wildman–Crippen LogP) is 1.37. The molecule has 1 aromatic rings. The van der Waals surface area contributed by atoms with Crippen LogP contribution in [-0.2, 0) is 7.05 Å². The molecule has 0 spiro atoms. The van der Waals surface area contributed by atoms with Gasteiger partial charge in [-0.3, -0.25) is 4.68 Å². The quantitative estimate of drug-likeness (QED) is 0.765. The third kappa shape index (κ3) is 1.36. The van der Waals surface area contributed by atoms with Crippen LogP contribution in [0.15, 0.2) is 6.07 Å². The highest BCUT2D eigenvalue weighted by Gasteiger charge is 2.29. The first kappa shape index (κ1) is 8.48. The van der Waals surface area contributed by atoms with E-state index in [0.717, 1.165) is 19.0 Å². The third-order valence-electron chi connectivity index (χ3n) is 3.41. The van der Waals surface area contributed by atoms with Crippen LogP contribution in [-0.4, -0.2) is 22.9 Å². The van der Waals surface area contributed by atoms with E-state index in [1.54, 1.807) is 0 Å². The molecular weight excluding hydrogens is 174 g/mol. The van der Waals surface area contributed by atoms with E-state index in [1.165, 1.54) is 30.7 Å². The second-order valence-electron chi connectivity index (χ2n) is 4.58. The van der Waals surface area contributed by atoms with Crippen LogP contribution in [0.3, 0.4) is 0 Å². The maximum atomic E-state index is 4.63. The maximum Gasteiger partial charge on any atom is 0.0671 e. The van der Waals surface area contributed by atoms with Gasteiger partial charge in [-0.2, -0.15) is 5.10 Å². The Morgan fingerprint density at radius 3 is 2.86 bits per heavy atom. The fourth-order valence-corrected chi connectivity index (χ4v) is 2.37. The summed E-state index contributed by atoms with van der Waals surface area (Å²) in [5, 5.41) is 8.03. The lowest BCUT2D eigenvalue weighted by Gasteiger charge is -2.01. The molecule has 2 fully saturated rings. The Balaban J connectivity index is 1.87. The summed E-state index contributed by atoms with van der Waals surface area (Å²) < 4.78 is 2.09. The summed E-state index contributed by atoms with van der Waals surface area (Å²) in [6.45, 7) is 2.27. The first-order valence-corrected chi connectivity index (χ1v) is 5.59. The molecule has 0 aromatic carbocycles. The molecule has 0 amide bonds. The number of nitrogens with zero attached hydrogens (tertiary/aromatic N) is 2. The highest BCUT2D eigenvalue weighted by Crippen LogP contribution is 2.40. The van der Waals surface area contributed by atoms with Crippen LogP contribution in [0.4, 0.5) is 0 Å². The van der Waals surface area contributed by atoms with Gasteiger partial charge in [0.15, 0.2) is 0 Å². The average Bonchev–Trinajstić information content (AvgIpc) is 2.75. The fraction of sp³-hybridized carbons (Fsp3) is 0.727. The van der Waals surface area contributed by atoms with Crippen molar-refractivity contribution in [2.24, 2.45) is 7.05 Å². The minimum atomic E-state index is 0.661. The number of rotatable bonds is 2. The molecule has 2 heterocycles. The van der Waals surface area contributed by atoms with Crippen molar-refractivity contribution in [2.75, 3.05) is 13.1 Å². The molecule has 0 bridgehead atoms. The summed E-state index contributed by atoms with van der Waals surface area (Å²) in [5.41, 5.74) is 2.76. The van der Waals surface area contributed by atoms with Gasteiger partial charge in [0.05, 0.1) is 5.69 Å². The highest BCUT2D eigenvalue weighted by atomic mass is 15.3. The summed E-state index contributed by atoms with van der Waals surface area (Å²) in [6, 6.07) is 2.33. The Bertz CT molecular complexity index is 332. The summed E-state index contributed by atoms with van der Waals surface area (Å²) in [6.07, 6.45) is 3.98. The summed E-state index contributed by atoms with van der Waals surface area (Å²) in [4.78, 5) is 0. The van der Waals surface area contributed by atoms with Crippen LogP contribution in [0.5, 0.6) is 0 Å². The Labute approximate surface area is 84.5 Å². The van der Waals surface area contributed by atoms with Gasteiger partial charge in [0.2, 0.25) is 0 Å². The molecule has 1 atom stereocenters. The Hall–Kier alpha value is -0.830. The van der Waals surface area contributed by atoms with Gasteiger partial charge >= 0.3 is 0 Å². The van der Waals surface area contributed by atoms with Gasteiger partial charge in [-0.25, -0.2) is 0 Å². The molecule has 1 N–H and O–H groups in total. The van der Waals surface area contributed by atoms with Gasteiger partial charge in [0.1, 0.15) is 0 Å². The fourth-order valence-electron chi connectivity index (χ4n) is 2.37. The standard InChI is InChI=1S/C11H17N3/c1-14-11(8-2-3-8)6-10(13-14)9-4-5-12-7-9/h6,8-9,12H,2-5,7H2,1H3. The molecule has 3 rings (SSSR count). The highest BCUT2D eigenvalue weighted by molar-refractivity contribution is 5.22. The first-order chi connectivity index (χ1) is 6.84. The summed E-state index contributed by atoms with van der Waals surface area (Å²) >= 11 is 0. The van der Waals surface area contributed by atoms with Crippen LogP contribution in [0.2, 0.25) is 0 Å². The van der Waals surface area contributed by atoms with Crippen LogP contribution in [0, 0.1) is 0 Å². The Morgan fingerprint density at radius 2 is 2.21 bits per heavy atom. The molecule has 3 heteroatoms. The van der Waals surface area contributed by atoms with Crippen molar-refractivity contribution >= 4 is 0 Å². The molecule has 1 unspecified atom stereocenters. The topological polar surface area (TPSA) is 29.9 Å². The molecule has 0 radical (unpaired) electrons. The van der Waals surface area contributed by atoms with E-state index >= 15 is 0 Å². The molecule has 2 aliphatic rings. The van der Waals surface area contributed by atoms with Gasteiger partial charge in [-0.1, -0.05) is 0 Å². The molecular formula is C11H17N3. The normalized spacial score (nSPS) is 27.1. The van der Waals surface area contributed by atoms with Crippen molar-refractivity contribution in [2.45, 2.75) is 31.1 Å². The average molecular weight is 191 g/mol. The smallest absolute Gasteiger partial charge is 0.0671 e. The molecule has 76 valence electrons. The van der Waals surface area contributed by atoms with Crippen molar-refractivity contribution in [1.29, 1.82) is 0 Å². The summed E-state index contributed by atoms with van der Waals surface area (Å²) in [7, 11) is 2.08. The third-order valence-corrected chi connectivity index (χ3v) is 3.41. The van der Waals surface area contributed by atoms with Crippen molar-refractivity contribution in [3.8, 4) is 0 Å². The lowest BCUT2D eigenvalue weighted by Crippen LogP contribution is -2.08. The second-order valence-corrected chi connectivity index (χ2v) is 4.58. The van der Waals surface area contributed by atoms with Gasteiger partial charge in [0, 0.05) is 31.1 Å². The lowest BCUT2D eigenvalue weighted by atomic mass is 10.0. The molecule has 1 aliphatic heterocycles. The molecule has 3 nitrogen and oxygen atoms in total. The summed E-state index contributed by atoms with van der Waals surface area (Å²) in [5.74, 6) is 1.48. The minimum absolute atomic E-state index is 0.661. The number of nitrogens with one attached hydrogen (secondary N) is 1. The predicted molar refractivity (Wildman–Crippen MR) is 55.4 cm³/mol. The number of hydrogen-bond donors (Lipinski definition) is 1. The first-order valence-electron chi connectivity index (χ1n) is 5.59. The lowest BCUT2D eigenvalue weighted by molar-refractivity contribution is 0.663. The van der Waals surface area contributed by atoms with E-state index in [-0.39, 0.29) is 0 Å². The van der Waals surface area contributed by atoms with Gasteiger partial charge in [-0.15, -0.1) is 0 Å². The van der Waals surface area contributed by atoms with Gasteiger partial charge in [0.25, 0.3) is 0 Å². The second kappa shape index (κ2) is 3.09. The molecule has 1 aliphatic carbocycles. The maximum absolute atomic E-state index is 4.63. The molecule has 1 saturated carbocycles. The van der Waals surface area contributed by atoms with E-state index in [9.17, 15) is 0 Å². The Kier molecular flexibility index (Phi) is 1.87. The number of aryl methyl sites for hydroxylation is 1. The van der Waals surface area contributed by atoms with E-state index in [4.69, 9.17) is 0 Å². The van der Waals surface area contributed by atoms with Gasteiger partial charge in [-0.05, 0) is 31.9 Å². The van der Waals surface area contributed by atoms with Gasteiger partial charge < -0.3 is 5.32 Å². The zero-order valence-corrected chi connectivity index (χ0v) is 8.66. The van der Waals surface area contributed by atoms with E-state index in [1.807, 2.05) is 0 Å². The Morgan fingerprint density at radius 1 is 1.36 bits per heavy atom. The number of aromatic nitrogens is 2. The molecule has 1 saturated heterocycles. The number of hydrogen-bond acceptors (Lipinski definition) is 2. The van der Waals surface area contributed by atoms with E-state index in [2.05, 4.69) is 28.2 Å². The SMILES string of the molecule is Cn1nc(C2CCNC2)cc1C1CC1. The van der Waals surface area contributed by atoms with E-state index in [0.29, 0.717) is 5.92 Å². The van der Waals surface area contributed by atoms with Crippen LogP contribution < -0.4 is 5.32 Å². The van der Waals surface area contributed by atoms with E-state index < -0.39 is 0 Å². The van der Waals surface area contributed by atoms with Crippen LogP contribution in [0.25, 0.3) is 0 Å². The molecule has 1 aromatic heterocycles. The van der Waals surface area contributed by atoms with Crippen molar-refractivity contribution in [3.63, 3.8) is 0 Å². The van der Waals surface area contributed by atoms with Crippen molar-refractivity contribution in [1.82, 2.24) is 15.1 Å². The van der Waals surface area contributed by atoms with Crippen LogP contribution in [0.1, 0.15) is 42.5 Å². The van der Waals surface area contributed by atoms with Crippen LogP contribution >= 0.6 is 0 Å². The zero-order valence-electron chi connectivity index (χ0n) is 8.66. The zero-order chi connectivity index (χ0) is 9.54.